The summed E-state index contributed by atoms with van der Waals surface area (Å²) in [6.07, 6.45) is 3.96. The van der Waals surface area contributed by atoms with Crippen LogP contribution in [0.3, 0.4) is 0 Å². The van der Waals surface area contributed by atoms with E-state index in [0.717, 1.165) is 42.5 Å². The Balaban J connectivity index is 1.73. The number of aliphatic hydroxyl groups is 1. The molecule has 6 heteroatoms. The van der Waals surface area contributed by atoms with Crippen molar-refractivity contribution in [3.8, 4) is 0 Å². The average molecular weight is 343 g/mol. The van der Waals surface area contributed by atoms with Crippen LogP contribution in [-0.4, -0.2) is 45.8 Å². The van der Waals surface area contributed by atoms with E-state index >= 15 is 0 Å². The molecule has 1 amide bonds. The van der Waals surface area contributed by atoms with Gasteiger partial charge in [0.05, 0.1) is 16.6 Å². The van der Waals surface area contributed by atoms with Crippen LogP contribution in [0.25, 0.3) is 11.1 Å². The van der Waals surface area contributed by atoms with Crippen molar-refractivity contribution in [3.05, 3.63) is 23.0 Å². The Morgan fingerprint density at radius 2 is 2.04 bits per heavy atom. The van der Waals surface area contributed by atoms with E-state index in [9.17, 15) is 9.90 Å². The second-order valence-corrected chi connectivity index (χ2v) is 7.69. The Morgan fingerprint density at radius 3 is 2.64 bits per heavy atom. The number of amides is 1. The lowest BCUT2D eigenvalue weighted by Gasteiger charge is -2.31. The Labute approximate surface area is 147 Å². The first-order valence-electron chi connectivity index (χ1n) is 9.28. The molecule has 3 heterocycles. The van der Waals surface area contributed by atoms with Gasteiger partial charge in [0.1, 0.15) is 0 Å². The van der Waals surface area contributed by atoms with Gasteiger partial charge in [0, 0.05) is 31.3 Å². The third-order valence-corrected chi connectivity index (χ3v) is 5.43. The molecule has 134 valence electrons. The second kappa shape index (κ2) is 6.41. The number of aromatic nitrogens is 2. The van der Waals surface area contributed by atoms with E-state index in [4.69, 9.17) is 4.52 Å². The zero-order valence-electron chi connectivity index (χ0n) is 14.9. The highest BCUT2D eigenvalue weighted by atomic mass is 16.5. The molecule has 0 spiro atoms. The largest absolute Gasteiger partial charge is 0.396 e. The van der Waals surface area contributed by atoms with Gasteiger partial charge in [-0.1, -0.05) is 19.0 Å². The molecule has 2 aromatic heterocycles. The fourth-order valence-corrected chi connectivity index (χ4v) is 3.63. The SMILES string of the molecule is CC(C)c1noc2nc(C3CC3)cc(C(=O)N3CCC(CO)CC3)c12. The van der Waals surface area contributed by atoms with Crippen molar-refractivity contribution in [1.82, 2.24) is 15.0 Å². The van der Waals surface area contributed by atoms with Gasteiger partial charge >= 0.3 is 0 Å². The standard InChI is InChI=1S/C19H25N3O3/c1-11(2)17-16-14(19(24)22-7-5-12(10-23)6-8-22)9-15(13-3-4-13)20-18(16)25-21-17/h9,11-13,23H,3-8,10H2,1-2H3. The Morgan fingerprint density at radius 1 is 1.32 bits per heavy atom. The molecule has 2 fully saturated rings. The van der Waals surface area contributed by atoms with Crippen LogP contribution < -0.4 is 0 Å². The summed E-state index contributed by atoms with van der Waals surface area (Å²) in [6, 6.07) is 1.96. The molecular formula is C19H25N3O3. The van der Waals surface area contributed by atoms with Crippen LogP contribution in [0.2, 0.25) is 0 Å². The minimum atomic E-state index is 0.0378. The number of carbonyl (C=O) groups is 1. The smallest absolute Gasteiger partial charge is 0.259 e. The lowest BCUT2D eigenvalue weighted by atomic mass is 9.96. The van der Waals surface area contributed by atoms with Crippen molar-refractivity contribution < 1.29 is 14.4 Å². The van der Waals surface area contributed by atoms with Gasteiger partial charge in [-0.2, -0.15) is 0 Å². The molecule has 1 N–H and O–H groups in total. The highest BCUT2D eigenvalue weighted by Gasteiger charge is 2.31. The summed E-state index contributed by atoms with van der Waals surface area (Å²) < 4.78 is 5.48. The Hall–Kier alpha value is -1.95. The first-order valence-corrected chi connectivity index (χ1v) is 9.28. The van der Waals surface area contributed by atoms with E-state index in [0.29, 0.717) is 36.2 Å². The van der Waals surface area contributed by atoms with Crippen molar-refractivity contribution in [1.29, 1.82) is 0 Å². The summed E-state index contributed by atoms with van der Waals surface area (Å²) in [6.45, 7) is 5.68. The summed E-state index contributed by atoms with van der Waals surface area (Å²) in [5, 5.41) is 14.3. The molecule has 0 bridgehead atoms. The van der Waals surface area contributed by atoms with Crippen LogP contribution in [0.15, 0.2) is 10.6 Å². The van der Waals surface area contributed by atoms with Gasteiger partial charge in [-0.05, 0) is 43.6 Å². The first kappa shape index (κ1) is 16.5. The quantitative estimate of drug-likeness (QED) is 0.923. The zero-order valence-corrected chi connectivity index (χ0v) is 14.9. The normalized spacial score (nSPS) is 19.1. The lowest BCUT2D eigenvalue weighted by Crippen LogP contribution is -2.39. The van der Waals surface area contributed by atoms with Crippen molar-refractivity contribution >= 4 is 17.0 Å². The lowest BCUT2D eigenvalue weighted by molar-refractivity contribution is 0.0652. The summed E-state index contributed by atoms with van der Waals surface area (Å²) in [4.78, 5) is 19.8. The molecule has 6 nitrogen and oxygen atoms in total. The topological polar surface area (TPSA) is 79.5 Å². The van der Waals surface area contributed by atoms with Crippen LogP contribution >= 0.6 is 0 Å². The van der Waals surface area contributed by atoms with Gasteiger partial charge in [-0.25, -0.2) is 4.98 Å². The number of rotatable bonds is 4. The number of piperidine rings is 1. The third kappa shape index (κ3) is 3.03. The molecule has 1 aliphatic carbocycles. The fraction of sp³-hybridized carbons (Fsp3) is 0.632. The Kier molecular flexibility index (Phi) is 4.23. The summed E-state index contributed by atoms with van der Waals surface area (Å²) in [5.74, 6) is 0.964. The van der Waals surface area contributed by atoms with E-state index in [1.54, 1.807) is 0 Å². The minimum Gasteiger partial charge on any atom is -0.396 e. The predicted octanol–water partition coefficient (Wildman–Crippen LogP) is 3.07. The number of likely N-dealkylation sites (tertiary alicyclic amines) is 1. The summed E-state index contributed by atoms with van der Waals surface area (Å²) in [5.41, 5.74) is 2.92. The average Bonchev–Trinajstić information content (AvgIpc) is 3.39. The first-order chi connectivity index (χ1) is 12.1. The predicted molar refractivity (Wildman–Crippen MR) is 93.6 cm³/mol. The van der Waals surface area contributed by atoms with Gasteiger partial charge in [0.15, 0.2) is 0 Å². The van der Waals surface area contributed by atoms with Crippen LogP contribution in [0.4, 0.5) is 0 Å². The van der Waals surface area contributed by atoms with Crippen LogP contribution in [0.1, 0.15) is 73.1 Å². The minimum absolute atomic E-state index is 0.0378. The number of hydrogen-bond acceptors (Lipinski definition) is 5. The molecule has 1 saturated carbocycles. The maximum atomic E-state index is 13.2. The maximum Gasteiger partial charge on any atom is 0.259 e. The van der Waals surface area contributed by atoms with Crippen molar-refractivity contribution in [3.63, 3.8) is 0 Å². The van der Waals surface area contributed by atoms with Gasteiger partial charge in [0.25, 0.3) is 11.6 Å². The second-order valence-electron chi connectivity index (χ2n) is 7.69. The highest BCUT2D eigenvalue weighted by molar-refractivity contribution is 6.06. The monoisotopic (exact) mass is 343 g/mol. The van der Waals surface area contributed by atoms with Crippen LogP contribution in [-0.2, 0) is 0 Å². The third-order valence-electron chi connectivity index (χ3n) is 5.43. The number of nitrogens with zero attached hydrogens (tertiary/aromatic N) is 3. The molecule has 0 aromatic carbocycles. The van der Waals surface area contributed by atoms with Crippen molar-refractivity contribution in [2.75, 3.05) is 19.7 Å². The van der Waals surface area contributed by atoms with Gasteiger partial charge in [0.2, 0.25) is 0 Å². The van der Waals surface area contributed by atoms with Gasteiger partial charge in [-0.3, -0.25) is 4.79 Å². The number of pyridine rings is 1. The summed E-state index contributed by atoms with van der Waals surface area (Å²) in [7, 11) is 0. The van der Waals surface area contributed by atoms with E-state index in [1.165, 1.54) is 0 Å². The van der Waals surface area contributed by atoms with E-state index in [2.05, 4.69) is 10.1 Å². The molecule has 0 atom stereocenters. The van der Waals surface area contributed by atoms with Crippen molar-refractivity contribution in [2.45, 2.75) is 51.4 Å². The number of fused-ring (bicyclic) bond motifs is 1. The van der Waals surface area contributed by atoms with Crippen molar-refractivity contribution in [2.24, 2.45) is 5.92 Å². The molecule has 4 rings (SSSR count). The number of hydrogen-bond donors (Lipinski definition) is 1. The molecule has 2 aromatic rings. The van der Waals surface area contributed by atoms with Gasteiger partial charge < -0.3 is 14.5 Å². The molecule has 0 radical (unpaired) electrons. The van der Waals surface area contributed by atoms with E-state index < -0.39 is 0 Å². The molecule has 0 unspecified atom stereocenters. The molecular weight excluding hydrogens is 318 g/mol. The maximum absolute atomic E-state index is 13.2. The number of aliphatic hydroxyl groups excluding tert-OH is 1. The van der Waals surface area contributed by atoms with E-state index in [-0.39, 0.29) is 18.4 Å². The zero-order chi connectivity index (χ0) is 17.6. The van der Waals surface area contributed by atoms with Gasteiger partial charge in [-0.15, -0.1) is 0 Å². The van der Waals surface area contributed by atoms with Crippen LogP contribution in [0.5, 0.6) is 0 Å². The highest BCUT2D eigenvalue weighted by Crippen LogP contribution is 2.41. The van der Waals surface area contributed by atoms with Crippen LogP contribution in [0, 0.1) is 5.92 Å². The molecule has 1 saturated heterocycles. The number of carbonyl (C=O) groups excluding carboxylic acids is 1. The van der Waals surface area contributed by atoms with E-state index in [1.807, 2.05) is 24.8 Å². The fourth-order valence-electron chi connectivity index (χ4n) is 3.63. The molecule has 1 aliphatic heterocycles. The molecule has 2 aliphatic rings. The molecule has 25 heavy (non-hydrogen) atoms. The summed E-state index contributed by atoms with van der Waals surface area (Å²) >= 11 is 0. The Bertz CT molecular complexity index is 787.